The van der Waals surface area contributed by atoms with Gasteiger partial charge in [0.15, 0.2) is 0 Å². The Kier molecular flexibility index (Phi) is 4.83. The minimum absolute atomic E-state index is 0.0614. The van der Waals surface area contributed by atoms with Crippen molar-refractivity contribution in [3.8, 4) is 0 Å². The van der Waals surface area contributed by atoms with Gasteiger partial charge in [0.1, 0.15) is 11.6 Å². The second-order valence-electron chi connectivity index (χ2n) is 4.67. The van der Waals surface area contributed by atoms with Crippen LogP contribution >= 0.6 is 0 Å². The van der Waals surface area contributed by atoms with Gasteiger partial charge in [-0.05, 0) is 25.5 Å². The van der Waals surface area contributed by atoms with Gasteiger partial charge in [0.05, 0.1) is 11.2 Å². The van der Waals surface area contributed by atoms with Crippen LogP contribution < -0.4 is 11.1 Å². The first-order valence-electron chi connectivity index (χ1n) is 6.04. The van der Waals surface area contributed by atoms with E-state index in [9.17, 15) is 13.6 Å². The molecule has 3 N–H and O–H groups in total. The number of carbonyl (C=O) groups excluding carboxylic acids is 1. The van der Waals surface area contributed by atoms with Crippen molar-refractivity contribution < 1.29 is 13.6 Å². The van der Waals surface area contributed by atoms with Crippen LogP contribution in [0.15, 0.2) is 18.2 Å². The highest BCUT2D eigenvalue weighted by molar-refractivity contribution is 5.89. The lowest BCUT2D eigenvalue weighted by molar-refractivity contribution is 0.157. The molecule has 0 aliphatic rings. The molecule has 6 heteroatoms. The first kappa shape index (κ1) is 15.4. The van der Waals surface area contributed by atoms with Crippen LogP contribution in [0.2, 0.25) is 0 Å². The fourth-order valence-electron chi connectivity index (χ4n) is 1.55. The molecule has 1 rings (SSSR count). The van der Waals surface area contributed by atoms with E-state index in [1.807, 2.05) is 13.8 Å². The number of amides is 2. The van der Waals surface area contributed by atoms with Crippen molar-refractivity contribution >= 4 is 11.7 Å². The van der Waals surface area contributed by atoms with Gasteiger partial charge in [0.2, 0.25) is 0 Å². The summed E-state index contributed by atoms with van der Waals surface area (Å²) in [6.07, 6.45) is 0.666. The molecule has 0 aliphatic carbocycles. The molecule has 0 fully saturated rings. The smallest absolute Gasteiger partial charge is 0.322 e. The van der Waals surface area contributed by atoms with Gasteiger partial charge in [-0.3, -0.25) is 0 Å². The maximum atomic E-state index is 13.4. The summed E-state index contributed by atoms with van der Waals surface area (Å²) in [6.45, 7) is 4.04. The number of anilines is 1. The van der Waals surface area contributed by atoms with Gasteiger partial charge in [-0.2, -0.15) is 0 Å². The first-order chi connectivity index (χ1) is 8.84. The van der Waals surface area contributed by atoms with Gasteiger partial charge in [-0.1, -0.05) is 6.92 Å². The fourth-order valence-corrected chi connectivity index (χ4v) is 1.55. The average molecular weight is 271 g/mol. The Morgan fingerprint density at radius 2 is 2.11 bits per heavy atom. The summed E-state index contributed by atoms with van der Waals surface area (Å²) >= 11 is 0. The normalized spacial score (nSPS) is 13.8. The van der Waals surface area contributed by atoms with Crippen LogP contribution in [0, 0.1) is 11.6 Å². The Labute approximate surface area is 111 Å². The van der Waals surface area contributed by atoms with Crippen molar-refractivity contribution in [3.63, 3.8) is 0 Å². The summed E-state index contributed by atoms with van der Waals surface area (Å²) in [5.41, 5.74) is 5.08. The van der Waals surface area contributed by atoms with E-state index < -0.39 is 23.2 Å². The molecule has 0 bridgehead atoms. The Morgan fingerprint density at radius 3 is 2.58 bits per heavy atom. The molecule has 0 aliphatic heterocycles. The Hall–Kier alpha value is -1.69. The van der Waals surface area contributed by atoms with E-state index in [4.69, 9.17) is 5.73 Å². The Bertz CT molecular complexity index is 461. The largest absolute Gasteiger partial charge is 0.328 e. The summed E-state index contributed by atoms with van der Waals surface area (Å²) in [5, 5.41) is 2.40. The van der Waals surface area contributed by atoms with Gasteiger partial charge in [0, 0.05) is 19.7 Å². The number of benzene rings is 1. The van der Waals surface area contributed by atoms with E-state index in [2.05, 4.69) is 5.32 Å². The number of nitrogens with one attached hydrogen (secondary N) is 1. The molecule has 1 aromatic rings. The summed E-state index contributed by atoms with van der Waals surface area (Å²) < 4.78 is 26.2. The van der Waals surface area contributed by atoms with Crippen molar-refractivity contribution in [2.75, 3.05) is 18.9 Å². The van der Waals surface area contributed by atoms with Gasteiger partial charge in [-0.15, -0.1) is 0 Å². The van der Waals surface area contributed by atoms with Crippen molar-refractivity contribution in [1.82, 2.24) is 4.90 Å². The van der Waals surface area contributed by atoms with E-state index in [-0.39, 0.29) is 5.69 Å². The molecule has 1 aromatic carbocycles. The first-order valence-corrected chi connectivity index (χ1v) is 6.04. The van der Waals surface area contributed by atoms with Gasteiger partial charge >= 0.3 is 6.03 Å². The van der Waals surface area contributed by atoms with Crippen LogP contribution in [0.5, 0.6) is 0 Å². The molecule has 0 radical (unpaired) electrons. The van der Waals surface area contributed by atoms with E-state index >= 15 is 0 Å². The number of halogens is 2. The maximum absolute atomic E-state index is 13.4. The number of hydrogen-bond donors (Lipinski definition) is 2. The van der Waals surface area contributed by atoms with Crippen molar-refractivity contribution in [3.05, 3.63) is 29.8 Å². The summed E-state index contributed by atoms with van der Waals surface area (Å²) in [4.78, 5) is 13.4. The third kappa shape index (κ3) is 3.41. The monoisotopic (exact) mass is 271 g/mol. The topological polar surface area (TPSA) is 58.4 Å². The molecule has 0 saturated heterocycles. The lowest BCUT2D eigenvalue weighted by Gasteiger charge is -2.37. The van der Waals surface area contributed by atoms with Crippen LogP contribution in [0.4, 0.5) is 19.3 Å². The molecule has 1 unspecified atom stereocenters. The van der Waals surface area contributed by atoms with Crippen LogP contribution in [-0.4, -0.2) is 30.1 Å². The van der Waals surface area contributed by atoms with Gasteiger partial charge < -0.3 is 16.0 Å². The summed E-state index contributed by atoms with van der Waals surface area (Å²) in [5.74, 6) is -1.50. The molecule has 0 heterocycles. The minimum Gasteiger partial charge on any atom is -0.328 e. The zero-order valence-electron chi connectivity index (χ0n) is 11.3. The highest BCUT2D eigenvalue weighted by Crippen LogP contribution is 2.19. The molecule has 1 atom stereocenters. The SMILES string of the molecule is CCC(C)(CN)N(C)C(=O)Nc1ccc(F)cc1F. The fraction of sp³-hybridized carbons (Fsp3) is 0.462. The third-order valence-electron chi connectivity index (χ3n) is 3.49. The van der Waals surface area contributed by atoms with Crippen LogP contribution in [0.25, 0.3) is 0 Å². The van der Waals surface area contributed by atoms with Crippen LogP contribution in [0.1, 0.15) is 20.3 Å². The predicted molar refractivity (Wildman–Crippen MR) is 70.9 cm³/mol. The Balaban J connectivity index is 2.85. The summed E-state index contributed by atoms with van der Waals surface area (Å²) in [7, 11) is 1.59. The molecule has 0 saturated carbocycles. The van der Waals surface area contributed by atoms with Crippen molar-refractivity contribution in [2.45, 2.75) is 25.8 Å². The Morgan fingerprint density at radius 1 is 1.47 bits per heavy atom. The average Bonchev–Trinajstić information content (AvgIpc) is 2.40. The quantitative estimate of drug-likeness (QED) is 0.884. The van der Waals surface area contributed by atoms with E-state index in [1.165, 1.54) is 11.0 Å². The highest BCUT2D eigenvalue weighted by Gasteiger charge is 2.29. The third-order valence-corrected chi connectivity index (χ3v) is 3.49. The number of urea groups is 1. The number of hydrogen-bond acceptors (Lipinski definition) is 2. The molecule has 0 spiro atoms. The second kappa shape index (κ2) is 5.97. The number of nitrogens with two attached hydrogens (primary N) is 1. The van der Waals surface area contributed by atoms with Crippen LogP contribution in [-0.2, 0) is 0 Å². The zero-order chi connectivity index (χ0) is 14.6. The second-order valence-corrected chi connectivity index (χ2v) is 4.67. The van der Waals surface area contributed by atoms with E-state index in [0.29, 0.717) is 13.0 Å². The van der Waals surface area contributed by atoms with Crippen molar-refractivity contribution in [2.24, 2.45) is 5.73 Å². The molecule has 0 aromatic heterocycles. The maximum Gasteiger partial charge on any atom is 0.322 e. The van der Waals surface area contributed by atoms with Crippen molar-refractivity contribution in [1.29, 1.82) is 0 Å². The lowest BCUT2D eigenvalue weighted by atomic mass is 9.97. The summed E-state index contributed by atoms with van der Waals surface area (Å²) in [6, 6.07) is 2.50. The number of likely N-dealkylation sites (N-methyl/N-ethyl adjacent to an activating group) is 1. The molecule has 4 nitrogen and oxygen atoms in total. The predicted octanol–water partition coefficient (Wildman–Crippen LogP) is 2.56. The highest BCUT2D eigenvalue weighted by atomic mass is 19.1. The number of rotatable bonds is 4. The number of nitrogens with zero attached hydrogens (tertiary/aromatic N) is 1. The van der Waals surface area contributed by atoms with Gasteiger partial charge in [0.25, 0.3) is 0 Å². The molecule has 106 valence electrons. The number of carbonyl (C=O) groups is 1. The van der Waals surface area contributed by atoms with Crippen LogP contribution in [0.3, 0.4) is 0 Å². The molecular formula is C13H19F2N3O. The van der Waals surface area contributed by atoms with E-state index in [1.54, 1.807) is 7.05 Å². The molecule has 19 heavy (non-hydrogen) atoms. The molecular weight excluding hydrogens is 252 g/mol. The molecule has 2 amide bonds. The zero-order valence-corrected chi connectivity index (χ0v) is 11.3. The standard InChI is InChI=1S/C13H19F2N3O/c1-4-13(2,8-16)18(3)12(19)17-11-6-5-9(14)7-10(11)15/h5-7H,4,8,16H2,1-3H3,(H,17,19). The minimum atomic E-state index is -0.812. The van der Waals surface area contributed by atoms with Gasteiger partial charge in [-0.25, -0.2) is 13.6 Å². The lowest BCUT2D eigenvalue weighted by Crippen LogP contribution is -2.53. The van der Waals surface area contributed by atoms with E-state index in [0.717, 1.165) is 12.1 Å².